The molecule has 0 aliphatic rings. The maximum atomic E-state index is 5.82. The summed E-state index contributed by atoms with van der Waals surface area (Å²) in [5, 5.41) is 6.74. The van der Waals surface area contributed by atoms with Crippen LogP contribution in [0.5, 0.6) is 0 Å². The van der Waals surface area contributed by atoms with Gasteiger partial charge in [0.25, 0.3) is 5.71 Å². The van der Waals surface area contributed by atoms with E-state index in [0.717, 1.165) is 22.0 Å². The van der Waals surface area contributed by atoms with E-state index in [2.05, 4.69) is 48.4 Å². The smallest absolute Gasteiger partial charge is 0.292 e. The van der Waals surface area contributed by atoms with Crippen LogP contribution >= 0.6 is 0 Å². The van der Waals surface area contributed by atoms with Crippen molar-refractivity contribution < 1.29 is 9.10 Å². The van der Waals surface area contributed by atoms with Gasteiger partial charge in [-0.1, -0.05) is 41.1 Å². The van der Waals surface area contributed by atoms with E-state index >= 15 is 0 Å². The molecule has 4 aromatic rings. The Bertz CT molecular complexity index is 969. The van der Waals surface area contributed by atoms with Gasteiger partial charge in [-0.15, -0.1) is 0 Å². The molecule has 21 heavy (non-hydrogen) atoms. The zero-order chi connectivity index (χ0) is 14.4. The van der Waals surface area contributed by atoms with Crippen molar-refractivity contribution in [1.82, 2.24) is 5.10 Å². The standard InChI is InChI=1S/C18H15N2O/c1-12-7-3-4-8-13(12)16-11-15-14-9-5-6-10-17(14)21-18(15)19-20(16)2/h3-11H,1-2H3/q+1. The lowest BCUT2D eigenvalue weighted by Crippen LogP contribution is -2.35. The van der Waals surface area contributed by atoms with Crippen LogP contribution in [0.25, 0.3) is 33.3 Å². The van der Waals surface area contributed by atoms with Crippen LogP contribution in [0.1, 0.15) is 5.56 Å². The number of nitrogens with zero attached hydrogens (tertiary/aromatic N) is 2. The van der Waals surface area contributed by atoms with Crippen molar-refractivity contribution in [3.05, 3.63) is 60.2 Å². The number of benzene rings is 2. The molecule has 2 aromatic heterocycles. The van der Waals surface area contributed by atoms with Crippen LogP contribution in [0.2, 0.25) is 0 Å². The van der Waals surface area contributed by atoms with E-state index in [1.807, 2.05) is 29.9 Å². The highest BCUT2D eigenvalue weighted by molar-refractivity contribution is 6.03. The average Bonchev–Trinajstić information content (AvgIpc) is 2.84. The summed E-state index contributed by atoms with van der Waals surface area (Å²) >= 11 is 0. The number of fused-ring (bicyclic) bond motifs is 3. The molecule has 3 nitrogen and oxygen atoms in total. The van der Waals surface area contributed by atoms with Crippen molar-refractivity contribution in [2.75, 3.05) is 0 Å². The van der Waals surface area contributed by atoms with E-state index in [4.69, 9.17) is 4.42 Å². The van der Waals surface area contributed by atoms with Gasteiger partial charge in [0, 0.05) is 16.6 Å². The number of para-hydroxylation sites is 1. The molecule has 4 rings (SSSR count). The second-order valence-electron chi connectivity index (χ2n) is 5.29. The summed E-state index contributed by atoms with van der Waals surface area (Å²) in [4.78, 5) is 0. The number of hydrogen-bond donors (Lipinski definition) is 0. The average molecular weight is 275 g/mol. The van der Waals surface area contributed by atoms with Gasteiger partial charge in [0.1, 0.15) is 5.58 Å². The van der Waals surface area contributed by atoms with Crippen LogP contribution in [0.4, 0.5) is 0 Å². The van der Waals surface area contributed by atoms with Crippen LogP contribution in [0, 0.1) is 6.92 Å². The van der Waals surface area contributed by atoms with E-state index in [1.165, 1.54) is 11.1 Å². The molecule has 2 heterocycles. The minimum absolute atomic E-state index is 0.677. The molecular weight excluding hydrogens is 260 g/mol. The second kappa shape index (κ2) is 4.42. The minimum Gasteiger partial charge on any atom is -0.434 e. The maximum Gasteiger partial charge on any atom is 0.292 e. The lowest BCUT2D eigenvalue weighted by molar-refractivity contribution is -0.718. The number of rotatable bonds is 1. The first-order chi connectivity index (χ1) is 10.2. The predicted molar refractivity (Wildman–Crippen MR) is 82.9 cm³/mol. The third-order valence-corrected chi connectivity index (χ3v) is 3.91. The van der Waals surface area contributed by atoms with Gasteiger partial charge >= 0.3 is 0 Å². The quantitative estimate of drug-likeness (QED) is 0.495. The molecule has 3 heteroatoms. The highest BCUT2D eigenvalue weighted by atomic mass is 16.3. The lowest BCUT2D eigenvalue weighted by atomic mass is 10.0. The van der Waals surface area contributed by atoms with E-state index in [9.17, 15) is 0 Å². The zero-order valence-electron chi connectivity index (χ0n) is 12.0. The summed E-state index contributed by atoms with van der Waals surface area (Å²) in [6, 6.07) is 18.6. The maximum absolute atomic E-state index is 5.82. The minimum atomic E-state index is 0.677. The largest absolute Gasteiger partial charge is 0.434 e. The van der Waals surface area contributed by atoms with Crippen molar-refractivity contribution in [3.8, 4) is 11.3 Å². The fourth-order valence-corrected chi connectivity index (χ4v) is 2.80. The van der Waals surface area contributed by atoms with Gasteiger partial charge in [-0.25, -0.2) is 0 Å². The molecular formula is C18H15N2O+. The van der Waals surface area contributed by atoms with E-state index < -0.39 is 0 Å². The van der Waals surface area contributed by atoms with Crippen molar-refractivity contribution >= 4 is 22.1 Å². The van der Waals surface area contributed by atoms with Gasteiger partial charge in [-0.3, -0.25) is 0 Å². The molecule has 0 unspecified atom stereocenters. The van der Waals surface area contributed by atoms with Crippen molar-refractivity contribution in [2.24, 2.45) is 7.05 Å². The molecule has 102 valence electrons. The number of aromatic nitrogens is 2. The molecule has 0 aliphatic heterocycles. The Kier molecular flexibility index (Phi) is 2.54. The van der Waals surface area contributed by atoms with Crippen molar-refractivity contribution in [3.63, 3.8) is 0 Å². The number of hydrogen-bond acceptors (Lipinski definition) is 2. The Balaban J connectivity index is 2.08. The van der Waals surface area contributed by atoms with E-state index in [-0.39, 0.29) is 0 Å². The van der Waals surface area contributed by atoms with Crippen LogP contribution in [-0.4, -0.2) is 5.10 Å². The summed E-state index contributed by atoms with van der Waals surface area (Å²) in [7, 11) is 1.95. The molecule has 0 spiro atoms. The summed E-state index contributed by atoms with van der Waals surface area (Å²) in [6.07, 6.45) is 0. The first-order valence-electron chi connectivity index (χ1n) is 6.98. The SMILES string of the molecule is Cc1ccccc1-c1cc2c(n[n+]1C)oc1ccccc12. The highest BCUT2D eigenvalue weighted by Crippen LogP contribution is 2.29. The Morgan fingerprint density at radius 1 is 0.952 bits per heavy atom. The normalized spacial score (nSPS) is 11.3. The summed E-state index contributed by atoms with van der Waals surface area (Å²) in [6.45, 7) is 2.12. The summed E-state index contributed by atoms with van der Waals surface area (Å²) in [5.41, 5.74) is 5.08. The van der Waals surface area contributed by atoms with Crippen LogP contribution < -0.4 is 4.68 Å². The Labute approximate surface area is 122 Å². The molecule has 0 atom stereocenters. The van der Waals surface area contributed by atoms with E-state index in [0.29, 0.717) is 5.71 Å². The molecule has 0 saturated heterocycles. The van der Waals surface area contributed by atoms with Gasteiger partial charge in [0.2, 0.25) is 5.69 Å². The lowest BCUT2D eigenvalue weighted by Gasteiger charge is -2.02. The van der Waals surface area contributed by atoms with Crippen molar-refractivity contribution in [2.45, 2.75) is 6.92 Å². The van der Waals surface area contributed by atoms with Gasteiger partial charge in [0.05, 0.1) is 10.9 Å². The van der Waals surface area contributed by atoms with Gasteiger partial charge in [-0.05, 0) is 24.6 Å². The van der Waals surface area contributed by atoms with Gasteiger partial charge < -0.3 is 4.42 Å². The zero-order valence-corrected chi connectivity index (χ0v) is 12.0. The molecule has 0 amide bonds. The van der Waals surface area contributed by atoms with E-state index in [1.54, 1.807) is 0 Å². The third-order valence-electron chi connectivity index (χ3n) is 3.91. The molecule has 0 N–H and O–H groups in total. The third kappa shape index (κ3) is 1.82. The first kappa shape index (κ1) is 12.1. The molecule has 0 bridgehead atoms. The topological polar surface area (TPSA) is 29.9 Å². The van der Waals surface area contributed by atoms with Crippen LogP contribution in [0.15, 0.2) is 59.0 Å². The fraction of sp³-hybridized carbons (Fsp3) is 0.111. The monoisotopic (exact) mass is 275 g/mol. The number of aryl methyl sites for hydroxylation is 2. The first-order valence-corrected chi connectivity index (χ1v) is 6.98. The Morgan fingerprint density at radius 3 is 2.57 bits per heavy atom. The van der Waals surface area contributed by atoms with Crippen LogP contribution in [0.3, 0.4) is 0 Å². The second-order valence-corrected chi connectivity index (χ2v) is 5.29. The molecule has 0 radical (unpaired) electrons. The molecule has 0 aliphatic carbocycles. The molecule has 0 saturated carbocycles. The van der Waals surface area contributed by atoms with Crippen molar-refractivity contribution in [1.29, 1.82) is 0 Å². The summed E-state index contributed by atoms with van der Waals surface area (Å²) < 4.78 is 7.70. The van der Waals surface area contributed by atoms with Gasteiger partial charge in [0.15, 0.2) is 7.05 Å². The predicted octanol–water partition coefficient (Wildman–Crippen LogP) is 3.78. The Morgan fingerprint density at radius 2 is 1.71 bits per heavy atom. The van der Waals surface area contributed by atoms with Gasteiger partial charge in [-0.2, -0.15) is 0 Å². The molecule has 2 aromatic carbocycles. The highest BCUT2D eigenvalue weighted by Gasteiger charge is 2.19. The van der Waals surface area contributed by atoms with Crippen LogP contribution in [-0.2, 0) is 7.05 Å². The molecule has 0 fully saturated rings. The summed E-state index contributed by atoms with van der Waals surface area (Å²) in [5.74, 6) is 0. The fourth-order valence-electron chi connectivity index (χ4n) is 2.80. The Hall–Kier alpha value is -2.68. The number of furan rings is 1.